The summed E-state index contributed by atoms with van der Waals surface area (Å²) >= 11 is 0. The van der Waals surface area contributed by atoms with Crippen molar-refractivity contribution in [2.45, 2.75) is 20.3 Å². The Morgan fingerprint density at radius 3 is 2.75 bits per heavy atom. The van der Waals surface area contributed by atoms with Crippen molar-refractivity contribution < 1.29 is 14.3 Å². The predicted molar refractivity (Wildman–Crippen MR) is 60.3 cm³/mol. The van der Waals surface area contributed by atoms with E-state index in [0.29, 0.717) is 18.9 Å². The van der Waals surface area contributed by atoms with Crippen molar-refractivity contribution in [2.75, 3.05) is 13.7 Å². The Labute approximate surface area is 95.6 Å². The molecule has 0 radical (unpaired) electrons. The lowest BCUT2D eigenvalue weighted by atomic mass is 10.0. The molecule has 1 aromatic heterocycles. The number of carbonyl (C=O) groups excluding carboxylic acids is 1. The van der Waals surface area contributed by atoms with Gasteiger partial charge in [0.25, 0.3) is 0 Å². The minimum absolute atomic E-state index is 0.143. The summed E-state index contributed by atoms with van der Waals surface area (Å²) in [6, 6.07) is 3.69. The Kier molecular flexibility index (Phi) is 4.76. The van der Waals surface area contributed by atoms with Crippen LogP contribution in [0, 0.1) is 5.92 Å². The summed E-state index contributed by atoms with van der Waals surface area (Å²) in [4.78, 5) is 15.5. The minimum atomic E-state index is -0.168. The van der Waals surface area contributed by atoms with Crippen LogP contribution < -0.4 is 4.74 Å². The van der Waals surface area contributed by atoms with Gasteiger partial charge in [-0.05, 0) is 18.9 Å². The van der Waals surface area contributed by atoms with Crippen LogP contribution >= 0.6 is 0 Å². The lowest BCUT2D eigenvalue weighted by Gasteiger charge is -2.10. The fourth-order valence-corrected chi connectivity index (χ4v) is 1.37. The smallest absolute Gasteiger partial charge is 0.308 e. The largest absolute Gasteiger partial charge is 0.481 e. The maximum Gasteiger partial charge on any atom is 0.308 e. The molecule has 0 saturated heterocycles. The first-order chi connectivity index (χ1) is 7.67. The molecule has 0 amide bonds. The number of pyridine rings is 1. The first kappa shape index (κ1) is 12.5. The molecule has 0 saturated carbocycles. The van der Waals surface area contributed by atoms with Crippen molar-refractivity contribution in [3.63, 3.8) is 0 Å². The Hall–Kier alpha value is -1.58. The second-order valence-electron chi connectivity index (χ2n) is 3.57. The quantitative estimate of drug-likeness (QED) is 0.714. The number of methoxy groups -OCH3 is 1. The molecule has 1 unspecified atom stereocenters. The summed E-state index contributed by atoms with van der Waals surface area (Å²) in [6.07, 6.45) is 2.35. The third kappa shape index (κ3) is 3.53. The number of aromatic nitrogens is 1. The van der Waals surface area contributed by atoms with Gasteiger partial charge in [-0.15, -0.1) is 0 Å². The van der Waals surface area contributed by atoms with Crippen LogP contribution in [0.25, 0.3) is 0 Å². The number of rotatable bonds is 5. The molecule has 0 spiro atoms. The van der Waals surface area contributed by atoms with Gasteiger partial charge in [0.2, 0.25) is 5.88 Å². The van der Waals surface area contributed by atoms with Crippen LogP contribution in [-0.2, 0) is 16.0 Å². The molecular weight excluding hydrogens is 206 g/mol. The van der Waals surface area contributed by atoms with Gasteiger partial charge in [0, 0.05) is 12.3 Å². The van der Waals surface area contributed by atoms with E-state index in [1.165, 1.54) is 0 Å². The van der Waals surface area contributed by atoms with Crippen LogP contribution in [0.1, 0.15) is 19.4 Å². The van der Waals surface area contributed by atoms with E-state index in [4.69, 9.17) is 9.47 Å². The Balaban J connectivity index is 2.55. The molecule has 88 valence electrons. The molecule has 0 aliphatic carbocycles. The summed E-state index contributed by atoms with van der Waals surface area (Å²) < 4.78 is 9.89. The lowest BCUT2D eigenvalue weighted by molar-refractivity contribution is -0.147. The molecule has 1 atom stereocenters. The summed E-state index contributed by atoms with van der Waals surface area (Å²) in [6.45, 7) is 4.08. The molecule has 0 aliphatic rings. The van der Waals surface area contributed by atoms with Crippen LogP contribution in [0.2, 0.25) is 0 Å². The van der Waals surface area contributed by atoms with Gasteiger partial charge >= 0.3 is 5.97 Å². The van der Waals surface area contributed by atoms with Crippen molar-refractivity contribution >= 4 is 5.97 Å². The van der Waals surface area contributed by atoms with E-state index < -0.39 is 0 Å². The van der Waals surface area contributed by atoms with E-state index in [0.717, 1.165) is 5.56 Å². The maximum absolute atomic E-state index is 11.4. The van der Waals surface area contributed by atoms with Crippen LogP contribution in [0.5, 0.6) is 5.88 Å². The summed E-state index contributed by atoms with van der Waals surface area (Å²) in [5.41, 5.74) is 1.00. The zero-order valence-corrected chi connectivity index (χ0v) is 9.90. The van der Waals surface area contributed by atoms with Gasteiger partial charge < -0.3 is 9.47 Å². The van der Waals surface area contributed by atoms with Gasteiger partial charge in [0.15, 0.2) is 0 Å². The molecule has 1 heterocycles. The minimum Gasteiger partial charge on any atom is -0.481 e. The van der Waals surface area contributed by atoms with Crippen LogP contribution in [0.3, 0.4) is 0 Å². The molecule has 0 N–H and O–H groups in total. The molecular formula is C12H17NO3. The van der Waals surface area contributed by atoms with Crippen molar-refractivity contribution in [1.29, 1.82) is 0 Å². The highest BCUT2D eigenvalue weighted by atomic mass is 16.5. The highest BCUT2D eigenvalue weighted by Gasteiger charge is 2.14. The molecule has 0 fully saturated rings. The second kappa shape index (κ2) is 6.10. The van der Waals surface area contributed by atoms with Crippen molar-refractivity contribution in [2.24, 2.45) is 5.92 Å². The molecule has 4 nitrogen and oxygen atoms in total. The average molecular weight is 223 g/mol. The third-order valence-corrected chi connectivity index (χ3v) is 2.24. The highest BCUT2D eigenvalue weighted by Crippen LogP contribution is 2.12. The van der Waals surface area contributed by atoms with Crippen molar-refractivity contribution in [1.82, 2.24) is 4.98 Å². The summed E-state index contributed by atoms with van der Waals surface area (Å²) in [7, 11) is 1.57. The van der Waals surface area contributed by atoms with Crippen molar-refractivity contribution in [3.05, 3.63) is 23.9 Å². The zero-order valence-electron chi connectivity index (χ0n) is 9.90. The van der Waals surface area contributed by atoms with Gasteiger partial charge in [-0.3, -0.25) is 4.79 Å². The van der Waals surface area contributed by atoms with E-state index in [2.05, 4.69) is 4.98 Å². The summed E-state index contributed by atoms with van der Waals surface area (Å²) in [5, 5.41) is 0. The van der Waals surface area contributed by atoms with Crippen LogP contribution in [0.15, 0.2) is 18.3 Å². The Bertz CT molecular complexity index is 335. The van der Waals surface area contributed by atoms with E-state index in [1.54, 1.807) is 26.3 Å². The van der Waals surface area contributed by atoms with E-state index in [1.807, 2.05) is 13.0 Å². The van der Waals surface area contributed by atoms with Gasteiger partial charge in [-0.25, -0.2) is 4.98 Å². The van der Waals surface area contributed by atoms with E-state index in [-0.39, 0.29) is 11.9 Å². The van der Waals surface area contributed by atoms with Crippen LogP contribution in [-0.4, -0.2) is 24.7 Å². The first-order valence-electron chi connectivity index (χ1n) is 5.33. The molecule has 4 heteroatoms. The molecule has 1 aromatic rings. The number of hydrogen-bond acceptors (Lipinski definition) is 4. The van der Waals surface area contributed by atoms with E-state index in [9.17, 15) is 4.79 Å². The Morgan fingerprint density at radius 1 is 1.50 bits per heavy atom. The number of esters is 1. The van der Waals surface area contributed by atoms with Crippen LogP contribution in [0.4, 0.5) is 0 Å². The SMILES string of the molecule is CCOC(=O)C(C)Cc1ccc(OC)nc1. The average Bonchev–Trinajstić information content (AvgIpc) is 2.30. The number of nitrogens with zero attached hydrogens (tertiary/aromatic N) is 1. The van der Waals surface area contributed by atoms with Crippen molar-refractivity contribution in [3.8, 4) is 5.88 Å². The zero-order chi connectivity index (χ0) is 12.0. The number of carbonyl (C=O) groups is 1. The number of hydrogen-bond donors (Lipinski definition) is 0. The number of ether oxygens (including phenoxy) is 2. The fourth-order valence-electron chi connectivity index (χ4n) is 1.37. The van der Waals surface area contributed by atoms with Gasteiger partial charge in [0.05, 0.1) is 19.6 Å². The maximum atomic E-state index is 11.4. The van der Waals surface area contributed by atoms with Gasteiger partial charge in [-0.1, -0.05) is 13.0 Å². The summed E-state index contributed by atoms with van der Waals surface area (Å²) in [5.74, 6) is 0.265. The lowest BCUT2D eigenvalue weighted by Crippen LogP contribution is -2.16. The monoisotopic (exact) mass is 223 g/mol. The van der Waals surface area contributed by atoms with Gasteiger partial charge in [0.1, 0.15) is 0 Å². The second-order valence-corrected chi connectivity index (χ2v) is 3.57. The molecule has 16 heavy (non-hydrogen) atoms. The van der Waals surface area contributed by atoms with E-state index >= 15 is 0 Å². The molecule has 1 rings (SSSR count). The predicted octanol–water partition coefficient (Wildman–Crippen LogP) is 1.83. The topological polar surface area (TPSA) is 48.4 Å². The Morgan fingerprint density at radius 2 is 2.25 bits per heavy atom. The van der Waals surface area contributed by atoms with Gasteiger partial charge in [-0.2, -0.15) is 0 Å². The normalized spacial score (nSPS) is 11.9. The molecule has 0 aliphatic heterocycles. The first-order valence-corrected chi connectivity index (χ1v) is 5.33. The molecule has 0 aromatic carbocycles. The molecule has 0 bridgehead atoms. The fraction of sp³-hybridized carbons (Fsp3) is 0.500. The highest BCUT2D eigenvalue weighted by molar-refractivity contribution is 5.72. The standard InChI is InChI=1S/C12H17NO3/c1-4-16-12(14)9(2)7-10-5-6-11(15-3)13-8-10/h5-6,8-9H,4,7H2,1-3H3. The third-order valence-electron chi connectivity index (χ3n) is 2.24.